The first-order valence-electron chi connectivity index (χ1n) is 5.55. The number of nitrogens with one attached hydrogen (secondary N) is 2. The fourth-order valence-electron chi connectivity index (χ4n) is 1.56. The highest BCUT2D eigenvalue weighted by Crippen LogP contribution is 2.13. The van der Waals surface area contributed by atoms with E-state index >= 15 is 0 Å². The summed E-state index contributed by atoms with van der Waals surface area (Å²) in [5, 5.41) is 28.4. The standard InChI is InChI=1S/C12H15N3O3/c1-12(6-16,7-17)14-11(18)8-2-3-10-9(4-8)5-13-15-10/h2-5,16-17H,6-7H2,1H3,(H,13,15)(H,14,18). The summed E-state index contributed by atoms with van der Waals surface area (Å²) in [6.07, 6.45) is 1.63. The summed E-state index contributed by atoms with van der Waals surface area (Å²) < 4.78 is 0. The Hall–Kier alpha value is -1.92. The van der Waals surface area contributed by atoms with Gasteiger partial charge in [0.2, 0.25) is 0 Å². The van der Waals surface area contributed by atoms with E-state index in [-0.39, 0.29) is 19.1 Å². The van der Waals surface area contributed by atoms with Crippen molar-refractivity contribution in [2.45, 2.75) is 12.5 Å². The van der Waals surface area contributed by atoms with Crippen molar-refractivity contribution in [3.05, 3.63) is 30.0 Å². The largest absolute Gasteiger partial charge is 0.394 e. The van der Waals surface area contributed by atoms with E-state index in [0.717, 1.165) is 10.9 Å². The highest BCUT2D eigenvalue weighted by atomic mass is 16.3. The van der Waals surface area contributed by atoms with Crippen LogP contribution in [0.1, 0.15) is 17.3 Å². The monoisotopic (exact) mass is 249 g/mol. The van der Waals surface area contributed by atoms with Crippen LogP contribution in [0.25, 0.3) is 10.9 Å². The van der Waals surface area contributed by atoms with Crippen molar-refractivity contribution in [1.82, 2.24) is 15.5 Å². The molecular formula is C12H15N3O3. The quantitative estimate of drug-likeness (QED) is 0.614. The number of carbonyl (C=O) groups excluding carboxylic acids is 1. The molecule has 0 fully saturated rings. The van der Waals surface area contributed by atoms with Gasteiger partial charge in [-0.15, -0.1) is 0 Å². The predicted molar refractivity (Wildman–Crippen MR) is 66.1 cm³/mol. The van der Waals surface area contributed by atoms with Gasteiger partial charge in [-0.3, -0.25) is 9.89 Å². The second-order valence-corrected chi connectivity index (χ2v) is 4.50. The summed E-state index contributed by atoms with van der Waals surface area (Å²) in [5.74, 6) is -0.344. The van der Waals surface area contributed by atoms with Gasteiger partial charge in [-0.1, -0.05) is 0 Å². The number of rotatable bonds is 4. The number of hydrogen-bond acceptors (Lipinski definition) is 4. The normalized spacial score (nSPS) is 11.7. The van der Waals surface area contributed by atoms with E-state index in [2.05, 4.69) is 15.5 Å². The Morgan fingerprint density at radius 3 is 2.83 bits per heavy atom. The van der Waals surface area contributed by atoms with Gasteiger partial charge in [0.1, 0.15) is 0 Å². The molecule has 1 aromatic carbocycles. The maximum atomic E-state index is 12.0. The second-order valence-electron chi connectivity index (χ2n) is 4.50. The minimum absolute atomic E-state index is 0.330. The number of aliphatic hydroxyl groups is 2. The molecule has 0 spiro atoms. The maximum Gasteiger partial charge on any atom is 0.251 e. The molecule has 1 heterocycles. The number of amides is 1. The Labute approximate surface area is 104 Å². The third-order valence-corrected chi connectivity index (χ3v) is 2.82. The minimum atomic E-state index is -1.03. The van der Waals surface area contributed by atoms with E-state index in [0.29, 0.717) is 5.56 Å². The number of benzene rings is 1. The number of carbonyl (C=O) groups is 1. The first-order valence-corrected chi connectivity index (χ1v) is 5.55. The summed E-state index contributed by atoms with van der Waals surface area (Å²) in [6.45, 7) is 0.910. The van der Waals surface area contributed by atoms with Crippen molar-refractivity contribution >= 4 is 16.8 Å². The molecule has 1 amide bonds. The van der Waals surface area contributed by atoms with Crippen molar-refractivity contribution < 1.29 is 15.0 Å². The van der Waals surface area contributed by atoms with Gasteiger partial charge in [-0.05, 0) is 25.1 Å². The topological polar surface area (TPSA) is 98.2 Å². The number of aromatic amines is 1. The number of aliphatic hydroxyl groups excluding tert-OH is 2. The molecule has 6 heteroatoms. The zero-order chi connectivity index (χ0) is 13.2. The zero-order valence-electron chi connectivity index (χ0n) is 9.97. The summed E-state index contributed by atoms with van der Waals surface area (Å²) in [7, 11) is 0. The summed E-state index contributed by atoms with van der Waals surface area (Å²) in [5.41, 5.74) is 0.276. The first kappa shape index (κ1) is 12.5. The fraction of sp³-hybridized carbons (Fsp3) is 0.333. The lowest BCUT2D eigenvalue weighted by molar-refractivity contribution is 0.0724. The Morgan fingerprint density at radius 2 is 2.17 bits per heavy atom. The molecule has 96 valence electrons. The van der Waals surface area contributed by atoms with Crippen LogP contribution >= 0.6 is 0 Å². The van der Waals surface area contributed by atoms with Crippen LogP contribution < -0.4 is 5.32 Å². The molecule has 0 bridgehead atoms. The van der Waals surface area contributed by atoms with Crippen molar-refractivity contribution in [1.29, 1.82) is 0 Å². The Bertz CT molecular complexity index is 560. The molecule has 2 rings (SSSR count). The lowest BCUT2D eigenvalue weighted by Crippen LogP contribution is -2.51. The Kier molecular flexibility index (Phi) is 3.31. The van der Waals surface area contributed by atoms with Crippen LogP contribution in [0.3, 0.4) is 0 Å². The van der Waals surface area contributed by atoms with Crippen molar-refractivity contribution in [3.8, 4) is 0 Å². The molecule has 0 saturated heterocycles. The smallest absolute Gasteiger partial charge is 0.251 e. The van der Waals surface area contributed by atoms with Crippen LogP contribution in [0, 0.1) is 0 Å². The molecular weight excluding hydrogens is 234 g/mol. The number of hydrogen-bond donors (Lipinski definition) is 4. The summed E-state index contributed by atoms with van der Waals surface area (Å²) in [6, 6.07) is 5.11. The summed E-state index contributed by atoms with van der Waals surface area (Å²) in [4.78, 5) is 12.0. The van der Waals surface area contributed by atoms with Crippen LogP contribution in [0.4, 0.5) is 0 Å². The lowest BCUT2D eigenvalue weighted by Gasteiger charge is -2.26. The van der Waals surface area contributed by atoms with E-state index in [9.17, 15) is 4.79 Å². The van der Waals surface area contributed by atoms with Gasteiger partial charge in [0, 0.05) is 10.9 Å². The molecule has 0 atom stereocenters. The Balaban J connectivity index is 2.22. The number of fused-ring (bicyclic) bond motifs is 1. The van der Waals surface area contributed by atoms with Gasteiger partial charge < -0.3 is 15.5 Å². The third kappa shape index (κ3) is 2.34. The van der Waals surface area contributed by atoms with Gasteiger partial charge in [-0.25, -0.2) is 0 Å². The molecule has 18 heavy (non-hydrogen) atoms. The highest BCUT2D eigenvalue weighted by molar-refractivity contribution is 5.98. The maximum absolute atomic E-state index is 12.0. The average Bonchev–Trinajstić information content (AvgIpc) is 2.85. The molecule has 0 radical (unpaired) electrons. The van der Waals surface area contributed by atoms with Gasteiger partial charge in [0.25, 0.3) is 5.91 Å². The van der Waals surface area contributed by atoms with E-state index in [1.54, 1.807) is 31.3 Å². The zero-order valence-corrected chi connectivity index (χ0v) is 9.97. The lowest BCUT2D eigenvalue weighted by atomic mass is 10.0. The first-order chi connectivity index (χ1) is 8.58. The second kappa shape index (κ2) is 4.75. The predicted octanol–water partition coefficient (Wildman–Crippen LogP) is 0.0360. The van der Waals surface area contributed by atoms with Crippen molar-refractivity contribution in [2.24, 2.45) is 0 Å². The number of aromatic nitrogens is 2. The number of H-pyrrole nitrogens is 1. The van der Waals surface area contributed by atoms with E-state index in [4.69, 9.17) is 10.2 Å². The fourth-order valence-corrected chi connectivity index (χ4v) is 1.56. The van der Waals surface area contributed by atoms with E-state index in [1.165, 1.54) is 0 Å². The van der Waals surface area contributed by atoms with Crippen LogP contribution in [-0.2, 0) is 0 Å². The highest BCUT2D eigenvalue weighted by Gasteiger charge is 2.25. The van der Waals surface area contributed by atoms with Gasteiger partial charge >= 0.3 is 0 Å². The SMILES string of the molecule is CC(CO)(CO)NC(=O)c1ccc2[nH]ncc2c1. The van der Waals surface area contributed by atoms with E-state index in [1.807, 2.05) is 0 Å². The molecule has 4 N–H and O–H groups in total. The van der Waals surface area contributed by atoms with Gasteiger partial charge in [0.15, 0.2) is 0 Å². The van der Waals surface area contributed by atoms with Crippen molar-refractivity contribution in [2.75, 3.05) is 13.2 Å². The number of nitrogens with zero attached hydrogens (tertiary/aromatic N) is 1. The molecule has 0 aliphatic rings. The van der Waals surface area contributed by atoms with Crippen LogP contribution in [0.5, 0.6) is 0 Å². The Morgan fingerprint density at radius 1 is 1.44 bits per heavy atom. The molecule has 0 aliphatic carbocycles. The minimum Gasteiger partial charge on any atom is -0.394 e. The molecule has 2 aromatic rings. The molecule has 0 unspecified atom stereocenters. The van der Waals surface area contributed by atoms with Crippen LogP contribution in [-0.4, -0.2) is 45.1 Å². The molecule has 0 saturated carbocycles. The molecule has 1 aromatic heterocycles. The van der Waals surface area contributed by atoms with Gasteiger partial charge in [0.05, 0.1) is 30.5 Å². The van der Waals surface area contributed by atoms with E-state index < -0.39 is 5.54 Å². The van der Waals surface area contributed by atoms with Crippen LogP contribution in [0.2, 0.25) is 0 Å². The average molecular weight is 249 g/mol. The van der Waals surface area contributed by atoms with Crippen LogP contribution in [0.15, 0.2) is 24.4 Å². The molecule has 6 nitrogen and oxygen atoms in total. The van der Waals surface area contributed by atoms with Crippen molar-refractivity contribution in [3.63, 3.8) is 0 Å². The van der Waals surface area contributed by atoms with Gasteiger partial charge in [-0.2, -0.15) is 5.10 Å². The third-order valence-electron chi connectivity index (χ3n) is 2.82. The molecule has 0 aliphatic heterocycles. The summed E-state index contributed by atoms with van der Waals surface area (Å²) >= 11 is 0.